The zero-order valence-electron chi connectivity index (χ0n) is 8.18. The second-order valence-electron chi connectivity index (χ2n) is 3.38. The third-order valence-electron chi connectivity index (χ3n) is 1.77. The van der Waals surface area contributed by atoms with Gasteiger partial charge in [0.15, 0.2) is 9.84 Å². The second-order valence-corrected chi connectivity index (χ2v) is 6.38. The van der Waals surface area contributed by atoms with E-state index in [0.29, 0.717) is 0 Å². The lowest BCUT2D eigenvalue weighted by Crippen LogP contribution is -2.08. The number of hydrogen-bond donors (Lipinski definition) is 0. The van der Waals surface area contributed by atoms with Crippen molar-refractivity contribution in [2.45, 2.75) is 11.9 Å². The number of hydrogen-bond acceptors (Lipinski definition) is 2. The zero-order chi connectivity index (χ0) is 12.6. The fraction of sp³-hybridized carbons (Fsp3) is 0.333. The highest BCUT2D eigenvalue weighted by Gasteiger charge is 2.33. The molecule has 0 aliphatic heterocycles. The van der Waals surface area contributed by atoms with Crippen LogP contribution < -0.4 is 0 Å². The Kier molecular flexibility index (Phi) is 3.69. The topological polar surface area (TPSA) is 34.1 Å². The highest BCUT2D eigenvalue weighted by Crippen LogP contribution is 2.35. The summed E-state index contributed by atoms with van der Waals surface area (Å²) in [5.41, 5.74) is -0.744. The fourth-order valence-electron chi connectivity index (χ4n) is 1.18. The smallest absolute Gasteiger partial charge is 0.229 e. The molecule has 0 radical (unpaired) electrons. The highest BCUT2D eigenvalue weighted by molar-refractivity contribution is 9.10. The number of halogens is 4. The van der Waals surface area contributed by atoms with Crippen molar-refractivity contribution in [1.29, 1.82) is 0 Å². The molecule has 0 heterocycles. The van der Waals surface area contributed by atoms with Gasteiger partial charge < -0.3 is 0 Å². The predicted molar refractivity (Wildman–Crippen MR) is 57.7 cm³/mol. The fourth-order valence-corrected chi connectivity index (χ4v) is 2.44. The standard InChI is InChI=1S/C9H8BrF3O2S/c1-16(14,15)5-6-2-3-8(10)7(4-6)9(11,12)13/h2-4H,5H2,1H3. The average Bonchev–Trinajstić information content (AvgIpc) is 2.04. The summed E-state index contributed by atoms with van der Waals surface area (Å²) < 4.78 is 59.3. The van der Waals surface area contributed by atoms with Crippen molar-refractivity contribution in [3.8, 4) is 0 Å². The maximum absolute atomic E-state index is 12.5. The molecule has 90 valence electrons. The van der Waals surface area contributed by atoms with Crippen LogP contribution >= 0.6 is 15.9 Å². The van der Waals surface area contributed by atoms with Crippen molar-refractivity contribution < 1.29 is 21.6 Å². The summed E-state index contributed by atoms with van der Waals surface area (Å²) >= 11 is 2.78. The Morgan fingerprint density at radius 3 is 2.31 bits per heavy atom. The average molecular weight is 317 g/mol. The van der Waals surface area contributed by atoms with Crippen LogP contribution in [0.2, 0.25) is 0 Å². The summed E-state index contributed by atoms with van der Waals surface area (Å²) in [7, 11) is -3.33. The molecule has 0 aromatic heterocycles. The molecule has 0 fully saturated rings. The normalized spacial score (nSPS) is 12.8. The Morgan fingerprint density at radius 2 is 1.88 bits per heavy atom. The lowest BCUT2D eigenvalue weighted by molar-refractivity contribution is -0.138. The molecule has 0 aliphatic rings. The van der Waals surface area contributed by atoms with Gasteiger partial charge in [0, 0.05) is 10.7 Å². The number of rotatable bonds is 2. The third kappa shape index (κ3) is 3.79. The van der Waals surface area contributed by atoms with E-state index in [1.165, 1.54) is 12.1 Å². The molecular formula is C9H8BrF3O2S. The molecule has 1 aromatic rings. The number of alkyl halides is 3. The van der Waals surface area contributed by atoms with Gasteiger partial charge in [0.25, 0.3) is 0 Å². The van der Waals surface area contributed by atoms with Crippen molar-refractivity contribution >= 4 is 25.8 Å². The molecule has 0 saturated carbocycles. The predicted octanol–water partition coefficient (Wildman–Crippen LogP) is 3.01. The van der Waals surface area contributed by atoms with Crippen LogP contribution in [0.3, 0.4) is 0 Å². The van der Waals surface area contributed by atoms with Crippen LogP contribution in [-0.4, -0.2) is 14.7 Å². The first-order valence-corrected chi connectivity index (χ1v) is 6.98. The highest BCUT2D eigenvalue weighted by atomic mass is 79.9. The first-order valence-electron chi connectivity index (χ1n) is 4.13. The van der Waals surface area contributed by atoms with Gasteiger partial charge in [0.1, 0.15) is 0 Å². The van der Waals surface area contributed by atoms with E-state index >= 15 is 0 Å². The number of sulfone groups is 1. The van der Waals surface area contributed by atoms with Gasteiger partial charge in [0.05, 0.1) is 11.3 Å². The monoisotopic (exact) mass is 316 g/mol. The quantitative estimate of drug-likeness (QED) is 0.840. The Balaban J connectivity index is 3.18. The Hall–Kier alpha value is -0.560. The zero-order valence-corrected chi connectivity index (χ0v) is 10.6. The summed E-state index contributed by atoms with van der Waals surface area (Å²) in [6, 6.07) is 3.38. The second kappa shape index (κ2) is 4.37. The van der Waals surface area contributed by atoms with Gasteiger partial charge in [-0.1, -0.05) is 22.0 Å². The first-order chi connectivity index (χ1) is 7.09. The van der Waals surface area contributed by atoms with Gasteiger partial charge in [-0.25, -0.2) is 8.42 Å². The van der Waals surface area contributed by atoms with Gasteiger partial charge in [0.2, 0.25) is 0 Å². The van der Waals surface area contributed by atoms with Crippen LogP contribution in [0.1, 0.15) is 11.1 Å². The van der Waals surface area contributed by atoms with Crippen molar-refractivity contribution in [3.63, 3.8) is 0 Å². The summed E-state index contributed by atoms with van der Waals surface area (Å²) in [6.07, 6.45) is -3.52. The van der Waals surface area contributed by atoms with E-state index in [2.05, 4.69) is 15.9 Å². The van der Waals surface area contributed by atoms with E-state index in [1.807, 2.05) is 0 Å². The van der Waals surface area contributed by atoms with Crippen LogP contribution in [0.25, 0.3) is 0 Å². The van der Waals surface area contributed by atoms with Crippen LogP contribution in [-0.2, 0) is 21.8 Å². The maximum Gasteiger partial charge on any atom is 0.417 e. The van der Waals surface area contributed by atoms with Crippen molar-refractivity contribution in [2.24, 2.45) is 0 Å². The molecule has 0 unspecified atom stereocenters. The molecular weight excluding hydrogens is 309 g/mol. The van der Waals surface area contributed by atoms with Crippen molar-refractivity contribution in [1.82, 2.24) is 0 Å². The van der Waals surface area contributed by atoms with Gasteiger partial charge in [-0.05, 0) is 17.7 Å². The summed E-state index contributed by atoms with van der Waals surface area (Å²) in [5, 5.41) is 0. The lowest BCUT2D eigenvalue weighted by atomic mass is 10.1. The van der Waals surface area contributed by atoms with Crippen molar-refractivity contribution in [3.05, 3.63) is 33.8 Å². The minimum Gasteiger partial charge on any atom is -0.229 e. The Morgan fingerprint density at radius 1 is 1.31 bits per heavy atom. The van der Waals surface area contributed by atoms with Gasteiger partial charge in [-0.2, -0.15) is 13.2 Å². The lowest BCUT2D eigenvalue weighted by Gasteiger charge is -2.10. The van der Waals surface area contributed by atoms with Crippen LogP contribution in [0.5, 0.6) is 0 Å². The molecule has 0 aliphatic carbocycles. The van der Waals surface area contributed by atoms with Gasteiger partial charge in [-0.3, -0.25) is 0 Å². The Bertz CT molecular complexity index is 494. The Labute approximate surface area is 99.5 Å². The number of benzene rings is 1. The molecule has 2 nitrogen and oxygen atoms in total. The molecule has 7 heteroatoms. The van der Waals surface area contributed by atoms with E-state index < -0.39 is 27.3 Å². The van der Waals surface area contributed by atoms with E-state index in [1.54, 1.807) is 0 Å². The maximum atomic E-state index is 12.5. The third-order valence-corrected chi connectivity index (χ3v) is 3.31. The SMILES string of the molecule is CS(=O)(=O)Cc1ccc(Br)c(C(F)(F)F)c1. The van der Waals surface area contributed by atoms with Crippen LogP contribution in [0, 0.1) is 0 Å². The summed E-state index contributed by atoms with van der Waals surface area (Å²) in [4.78, 5) is 0. The molecule has 1 rings (SSSR count). The van der Waals surface area contributed by atoms with E-state index in [0.717, 1.165) is 12.3 Å². The van der Waals surface area contributed by atoms with E-state index in [-0.39, 0.29) is 10.0 Å². The molecule has 16 heavy (non-hydrogen) atoms. The van der Waals surface area contributed by atoms with E-state index in [4.69, 9.17) is 0 Å². The minimum atomic E-state index is -4.49. The molecule has 1 aromatic carbocycles. The van der Waals surface area contributed by atoms with Crippen LogP contribution in [0.4, 0.5) is 13.2 Å². The van der Waals surface area contributed by atoms with E-state index in [9.17, 15) is 21.6 Å². The van der Waals surface area contributed by atoms with Gasteiger partial charge in [-0.15, -0.1) is 0 Å². The van der Waals surface area contributed by atoms with Crippen molar-refractivity contribution in [2.75, 3.05) is 6.26 Å². The molecule has 0 bridgehead atoms. The van der Waals surface area contributed by atoms with Gasteiger partial charge >= 0.3 is 6.18 Å². The first kappa shape index (κ1) is 13.5. The largest absolute Gasteiger partial charge is 0.417 e. The summed E-state index contributed by atoms with van der Waals surface area (Å²) in [6.45, 7) is 0. The molecule has 0 N–H and O–H groups in total. The van der Waals surface area contributed by atoms with Crippen LogP contribution in [0.15, 0.2) is 22.7 Å². The minimum absolute atomic E-state index is 0.0998. The summed E-state index contributed by atoms with van der Waals surface area (Å²) in [5.74, 6) is -0.399. The molecule has 0 saturated heterocycles. The molecule has 0 atom stereocenters. The molecule has 0 amide bonds. The molecule has 0 spiro atoms.